The first kappa shape index (κ1) is 10.2. The smallest absolute Gasteiger partial charge is 0.0917 e. The fourth-order valence-electron chi connectivity index (χ4n) is 2.42. The van der Waals surface area contributed by atoms with Crippen molar-refractivity contribution in [2.24, 2.45) is 0 Å². The minimum absolute atomic E-state index is 0.175. The standard InChI is InChI=1S/C13H12BrNO/c14-11-5-3-8-9-2-1-7-15-12(9)6-4-10(8)13(11)16/h1-2,4,6-7,11,13,16H,3,5H2/t11-,13-/m0/s1. The van der Waals surface area contributed by atoms with Crippen molar-refractivity contribution >= 4 is 26.8 Å². The molecule has 0 bridgehead atoms. The van der Waals surface area contributed by atoms with Gasteiger partial charge >= 0.3 is 0 Å². The van der Waals surface area contributed by atoms with Crippen molar-refractivity contribution in [2.75, 3.05) is 0 Å². The second kappa shape index (κ2) is 3.82. The fourth-order valence-corrected chi connectivity index (χ4v) is 2.94. The summed E-state index contributed by atoms with van der Waals surface area (Å²) in [5.74, 6) is 0. The molecule has 0 unspecified atom stereocenters. The number of aromatic nitrogens is 1. The number of aliphatic hydroxyl groups is 1. The summed E-state index contributed by atoms with van der Waals surface area (Å²) >= 11 is 3.52. The summed E-state index contributed by atoms with van der Waals surface area (Å²) in [4.78, 5) is 4.52. The number of halogens is 1. The number of rotatable bonds is 0. The maximum Gasteiger partial charge on any atom is 0.0917 e. The summed E-state index contributed by atoms with van der Waals surface area (Å²) in [5.41, 5.74) is 3.32. The molecule has 2 aromatic rings. The Kier molecular flexibility index (Phi) is 2.45. The number of hydrogen-bond donors (Lipinski definition) is 1. The Morgan fingerprint density at radius 3 is 3.06 bits per heavy atom. The minimum Gasteiger partial charge on any atom is -0.387 e. The van der Waals surface area contributed by atoms with Gasteiger partial charge in [0.15, 0.2) is 0 Å². The third-order valence-electron chi connectivity index (χ3n) is 3.26. The van der Waals surface area contributed by atoms with E-state index in [1.54, 1.807) is 6.20 Å². The second-order valence-electron chi connectivity index (χ2n) is 4.20. The van der Waals surface area contributed by atoms with Crippen molar-refractivity contribution in [3.63, 3.8) is 0 Å². The van der Waals surface area contributed by atoms with Crippen LogP contribution < -0.4 is 0 Å². The van der Waals surface area contributed by atoms with Crippen LogP contribution >= 0.6 is 15.9 Å². The molecule has 2 atom stereocenters. The lowest BCUT2D eigenvalue weighted by Gasteiger charge is -2.27. The van der Waals surface area contributed by atoms with Crippen molar-refractivity contribution in [1.29, 1.82) is 0 Å². The van der Waals surface area contributed by atoms with E-state index in [1.807, 2.05) is 18.2 Å². The van der Waals surface area contributed by atoms with Crippen LogP contribution in [0, 0.1) is 0 Å². The third kappa shape index (κ3) is 1.46. The molecule has 0 aliphatic heterocycles. The molecule has 0 radical (unpaired) electrons. The molecule has 0 amide bonds. The molecule has 3 heteroatoms. The molecule has 1 heterocycles. The average molecular weight is 278 g/mol. The van der Waals surface area contributed by atoms with E-state index in [9.17, 15) is 5.11 Å². The molecule has 1 N–H and O–H groups in total. The molecule has 82 valence electrons. The minimum atomic E-state index is -0.395. The van der Waals surface area contributed by atoms with E-state index < -0.39 is 6.10 Å². The second-order valence-corrected chi connectivity index (χ2v) is 5.38. The lowest BCUT2D eigenvalue weighted by atomic mass is 9.87. The van der Waals surface area contributed by atoms with Crippen molar-refractivity contribution < 1.29 is 5.11 Å². The molecular formula is C13H12BrNO. The molecule has 3 rings (SSSR count). The quantitative estimate of drug-likeness (QED) is 0.751. The van der Waals surface area contributed by atoms with E-state index in [0.29, 0.717) is 0 Å². The van der Waals surface area contributed by atoms with E-state index in [4.69, 9.17) is 0 Å². The zero-order chi connectivity index (χ0) is 11.1. The molecule has 0 fully saturated rings. The molecule has 0 spiro atoms. The van der Waals surface area contributed by atoms with Crippen molar-refractivity contribution in [3.05, 3.63) is 41.6 Å². The van der Waals surface area contributed by atoms with Gasteiger partial charge in [-0.15, -0.1) is 0 Å². The normalized spacial score (nSPS) is 24.4. The van der Waals surface area contributed by atoms with E-state index in [-0.39, 0.29) is 4.83 Å². The van der Waals surface area contributed by atoms with E-state index in [2.05, 4.69) is 27.0 Å². The van der Waals surface area contributed by atoms with Crippen LogP contribution in [0.5, 0.6) is 0 Å². The number of aryl methyl sites for hydroxylation is 1. The highest BCUT2D eigenvalue weighted by molar-refractivity contribution is 9.09. The van der Waals surface area contributed by atoms with Crippen LogP contribution in [0.3, 0.4) is 0 Å². The van der Waals surface area contributed by atoms with Gasteiger partial charge in [-0.25, -0.2) is 0 Å². The van der Waals surface area contributed by atoms with Crippen LogP contribution in [0.2, 0.25) is 0 Å². The molecule has 16 heavy (non-hydrogen) atoms. The first-order chi connectivity index (χ1) is 7.77. The van der Waals surface area contributed by atoms with Crippen molar-refractivity contribution in [2.45, 2.75) is 23.8 Å². The van der Waals surface area contributed by atoms with Gasteiger partial charge in [0.25, 0.3) is 0 Å². The summed E-state index contributed by atoms with van der Waals surface area (Å²) in [6.45, 7) is 0. The van der Waals surface area contributed by atoms with Gasteiger partial charge in [0, 0.05) is 16.4 Å². The number of benzene rings is 1. The number of fused-ring (bicyclic) bond motifs is 3. The van der Waals surface area contributed by atoms with Crippen LogP contribution in [0.25, 0.3) is 10.9 Å². The van der Waals surface area contributed by atoms with Gasteiger partial charge in [0.2, 0.25) is 0 Å². The Morgan fingerprint density at radius 2 is 2.19 bits per heavy atom. The monoisotopic (exact) mass is 277 g/mol. The Morgan fingerprint density at radius 1 is 1.31 bits per heavy atom. The average Bonchev–Trinajstić information content (AvgIpc) is 2.33. The maximum absolute atomic E-state index is 10.1. The topological polar surface area (TPSA) is 33.1 Å². The first-order valence-corrected chi connectivity index (χ1v) is 6.37. The first-order valence-electron chi connectivity index (χ1n) is 5.46. The number of hydrogen-bond acceptors (Lipinski definition) is 2. The van der Waals surface area contributed by atoms with Crippen LogP contribution in [0.15, 0.2) is 30.5 Å². The number of nitrogens with zero attached hydrogens (tertiary/aromatic N) is 1. The summed E-state index contributed by atoms with van der Waals surface area (Å²) in [7, 11) is 0. The van der Waals surface area contributed by atoms with Crippen molar-refractivity contribution in [3.8, 4) is 0 Å². The molecule has 1 aliphatic carbocycles. The highest BCUT2D eigenvalue weighted by Gasteiger charge is 2.26. The molecule has 1 aromatic carbocycles. The summed E-state index contributed by atoms with van der Waals surface area (Å²) in [6.07, 6.45) is 3.39. The fraction of sp³-hybridized carbons (Fsp3) is 0.308. The zero-order valence-electron chi connectivity index (χ0n) is 8.73. The summed E-state index contributed by atoms with van der Waals surface area (Å²) in [6, 6.07) is 8.03. The van der Waals surface area contributed by atoms with Gasteiger partial charge in [-0.3, -0.25) is 4.98 Å². The third-order valence-corrected chi connectivity index (χ3v) is 4.22. The van der Waals surface area contributed by atoms with Gasteiger partial charge in [-0.1, -0.05) is 28.1 Å². The van der Waals surface area contributed by atoms with Gasteiger partial charge in [0.1, 0.15) is 0 Å². The molecule has 1 aromatic heterocycles. The van der Waals surface area contributed by atoms with Crippen LogP contribution in [0.4, 0.5) is 0 Å². The van der Waals surface area contributed by atoms with Gasteiger partial charge in [-0.05, 0) is 36.1 Å². The largest absolute Gasteiger partial charge is 0.387 e. The highest BCUT2D eigenvalue weighted by Crippen LogP contribution is 2.37. The van der Waals surface area contributed by atoms with E-state index in [1.165, 1.54) is 10.9 Å². The molecule has 0 saturated heterocycles. The molecule has 2 nitrogen and oxygen atoms in total. The lowest BCUT2D eigenvalue weighted by molar-refractivity contribution is 0.166. The molecule has 1 aliphatic rings. The van der Waals surface area contributed by atoms with E-state index in [0.717, 1.165) is 23.9 Å². The Balaban J connectivity index is 2.27. The highest BCUT2D eigenvalue weighted by atomic mass is 79.9. The molecular weight excluding hydrogens is 266 g/mol. The Labute approximate surface area is 102 Å². The maximum atomic E-state index is 10.1. The summed E-state index contributed by atoms with van der Waals surface area (Å²) in [5, 5.41) is 11.3. The van der Waals surface area contributed by atoms with Crippen LogP contribution in [0.1, 0.15) is 23.7 Å². The van der Waals surface area contributed by atoms with Gasteiger partial charge in [0.05, 0.1) is 11.6 Å². The van der Waals surface area contributed by atoms with Crippen molar-refractivity contribution in [1.82, 2.24) is 4.98 Å². The van der Waals surface area contributed by atoms with Crippen LogP contribution in [-0.2, 0) is 6.42 Å². The predicted molar refractivity (Wildman–Crippen MR) is 67.7 cm³/mol. The number of pyridine rings is 1. The Bertz CT molecular complexity index is 540. The van der Waals surface area contributed by atoms with Gasteiger partial charge < -0.3 is 5.11 Å². The molecule has 0 saturated carbocycles. The van der Waals surface area contributed by atoms with E-state index >= 15 is 0 Å². The number of alkyl halides is 1. The SMILES string of the molecule is O[C@H]1c2ccc3ncccc3c2CC[C@@H]1Br. The Hall–Kier alpha value is -0.930. The zero-order valence-corrected chi connectivity index (χ0v) is 10.3. The number of aliphatic hydroxyl groups excluding tert-OH is 1. The predicted octanol–water partition coefficient (Wildman–Crippen LogP) is 2.98. The summed E-state index contributed by atoms with van der Waals surface area (Å²) < 4.78 is 0. The lowest BCUT2D eigenvalue weighted by Crippen LogP contribution is -2.20. The van der Waals surface area contributed by atoms with Crippen LogP contribution in [-0.4, -0.2) is 14.9 Å². The van der Waals surface area contributed by atoms with Gasteiger partial charge in [-0.2, -0.15) is 0 Å².